The Hall–Kier alpha value is -0.120. The Kier molecular flexibility index (Phi) is 2.97. The molecule has 0 atom stereocenters. The van der Waals surface area contributed by atoms with Crippen LogP contribution >= 0.6 is 0 Å². The van der Waals surface area contributed by atoms with Crippen LogP contribution in [0.2, 0.25) is 0 Å². The van der Waals surface area contributed by atoms with E-state index in [4.69, 9.17) is 5.11 Å². The monoisotopic (exact) mass is 119 g/mol. The van der Waals surface area contributed by atoms with E-state index in [0.29, 0.717) is 6.73 Å². The summed E-state index contributed by atoms with van der Waals surface area (Å²) in [6.45, 7) is 3.70. The van der Waals surface area contributed by atoms with Gasteiger partial charge in [0.05, 0.1) is 6.73 Å². The van der Waals surface area contributed by atoms with E-state index in [-0.39, 0.29) is 0 Å². The van der Waals surface area contributed by atoms with Crippen LogP contribution in [0.3, 0.4) is 0 Å². The number of rotatable bonds is 3. The number of hydrogen-bond donors (Lipinski definition) is 2. The molecule has 8 heavy (non-hydrogen) atoms. The van der Waals surface area contributed by atoms with Gasteiger partial charge in [-0.1, -0.05) is 0 Å². The molecule has 0 rings (SSSR count). The van der Waals surface area contributed by atoms with E-state index in [1.54, 1.807) is 21.0 Å². The zero-order chi connectivity index (χ0) is 6.62. The molecule has 0 fully saturated rings. The molecule has 0 aliphatic rings. The molecule has 0 radical (unpaired) electrons. The van der Waals surface area contributed by atoms with Crippen molar-refractivity contribution in [3.05, 3.63) is 0 Å². The van der Waals surface area contributed by atoms with Gasteiger partial charge in [-0.3, -0.25) is 5.32 Å². The standard InChI is InChI=1S/C5H13NO2/c1-5(2,7)6-4-8-3/h6-7H,4H2,1-3H3. The first kappa shape index (κ1) is 7.88. The third-order valence-electron chi connectivity index (χ3n) is 0.649. The highest BCUT2D eigenvalue weighted by Gasteiger charge is 2.08. The second kappa shape index (κ2) is 3.02. The number of hydrogen-bond acceptors (Lipinski definition) is 3. The lowest BCUT2D eigenvalue weighted by Crippen LogP contribution is -2.39. The molecule has 0 aromatic carbocycles. The van der Waals surface area contributed by atoms with Gasteiger partial charge in [0, 0.05) is 7.11 Å². The molecule has 50 valence electrons. The number of nitrogens with one attached hydrogen (secondary N) is 1. The zero-order valence-electron chi connectivity index (χ0n) is 5.56. The summed E-state index contributed by atoms with van der Waals surface area (Å²) >= 11 is 0. The van der Waals surface area contributed by atoms with Crippen LogP contribution in [0.25, 0.3) is 0 Å². The summed E-state index contributed by atoms with van der Waals surface area (Å²) in [6, 6.07) is 0. The van der Waals surface area contributed by atoms with Gasteiger partial charge >= 0.3 is 0 Å². The molecular formula is C5H13NO2. The molecule has 0 aromatic rings. The second-order valence-corrected chi connectivity index (χ2v) is 2.17. The van der Waals surface area contributed by atoms with Gasteiger partial charge in [0.1, 0.15) is 5.72 Å². The van der Waals surface area contributed by atoms with E-state index in [1.807, 2.05) is 0 Å². The molecule has 3 heteroatoms. The van der Waals surface area contributed by atoms with Gasteiger partial charge in [-0.05, 0) is 13.8 Å². The molecule has 0 saturated heterocycles. The Morgan fingerprint density at radius 2 is 2.12 bits per heavy atom. The topological polar surface area (TPSA) is 41.5 Å². The number of aliphatic hydroxyl groups is 1. The van der Waals surface area contributed by atoms with Crippen molar-refractivity contribution in [2.45, 2.75) is 19.6 Å². The zero-order valence-corrected chi connectivity index (χ0v) is 5.56. The van der Waals surface area contributed by atoms with Gasteiger partial charge in [0.25, 0.3) is 0 Å². The van der Waals surface area contributed by atoms with Crippen LogP contribution in [0.1, 0.15) is 13.8 Å². The molecule has 0 bridgehead atoms. The van der Waals surface area contributed by atoms with Crippen LogP contribution in [-0.4, -0.2) is 24.7 Å². The largest absolute Gasteiger partial charge is 0.376 e. The number of methoxy groups -OCH3 is 1. The fourth-order valence-corrected chi connectivity index (χ4v) is 0.249. The summed E-state index contributed by atoms with van der Waals surface area (Å²) in [5, 5.41) is 11.7. The Bertz CT molecular complexity index is 57.9. The van der Waals surface area contributed by atoms with Crippen LogP contribution in [0.15, 0.2) is 0 Å². The maximum atomic E-state index is 8.96. The molecule has 0 amide bonds. The van der Waals surface area contributed by atoms with Gasteiger partial charge < -0.3 is 9.84 Å². The highest BCUT2D eigenvalue weighted by Crippen LogP contribution is 1.91. The SMILES string of the molecule is COCNC(C)(C)O. The average molecular weight is 119 g/mol. The molecule has 3 nitrogen and oxygen atoms in total. The second-order valence-electron chi connectivity index (χ2n) is 2.17. The first-order valence-electron chi connectivity index (χ1n) is 2.52. The third kappa shape index (κ3) is 5.88. The average Bonchev–Trinajstić information content (AvgIpc) is 1.59. The van der Waals surface area contributed by atoms with E-state index in [2.05, 4.69) is 10.1 Å². The Morgan fingerprint density at radius 1 is 1.62 bits per heavy atom. The minimum atomic E-state index is -0.823. The maximum Gasteiger partial charge on any atom is 0.112 e. The van der Waals surface area contributed by atoms with Crippen LogP contribution in [0.4, 0.5) is 0 Å². The maximum absolute atomic E-state index is 8.96. The van der Waals surface area contributed by atoms with Crippen LogP contribution < -0.4 is 5.32 Å². The van der Waals surface area contributed by atoms with E-state index in [9.17, 15) is 0 Å². The highest BCUT2D eigenvalue weighted by molar-refractivity contribution is 4.56. The molecule has 0 heterocycles. The van der Waals surface area contributed by atoms with Gasteiger partial charge in [-0.25, -0.2) is 0 Å². The third-order valence-corrected chi connectivity index (χ3v) is 0.649. The Labute approximate surface area is 49.7 Å². The fraction of sp³-hybridized carbons (Fsp3) is 1.00. The summed E-state index contributed by atoms with van der Waals surface area (Å²) in [6.07, 6.45) is 0. The predicted octanol–water partition coefficient (Wildman–Crippen LogP) is -0.0917. The van der Waals surface area contributed by atoms with Crippen molar-refractivity contribution < 1.29 is 9.84 Å². The Balaban J connectivity index is 3.11. The summed E-state index contributed by atoms with van der Waals surface area (Å²) in [7, 11) is 1.57. The van der Waals surface area contributed by atoms with Crippen LogP contribution in [0.5, 0.6) is 0 Å². The van der Waals surface area contributed by atoms with Crippen molar-refractivity contribution >= 4 is 0 Å². The van der Waals surface area contributed by atoms with Crippen LogP contribution in [0, 0.1) is 0 Å². The van der Waals surface area contributed by atoms with Gasteiger partial charge in [0.15, 0.2) is 0 Å². The minimum Gasteiger partial charge on any atom is -0.376 e. The molecule has 0 aliphatic carbocycles. The summed E-state index contributed by atoms with van der Waals surface area (Å²) in [5.74, 6) is 0. The van der Waals surface area contributed by atoms with Crippen molar-refractivity contribution in [3.63, 3.8) is 0 Å². The first-order chi connectivity index (χ1) is 3.56. The Morgan fingerprint density at radius 3 is 2.25 bits per heavy atom. The van der Waals surface area contributed by atoms with Crippen molar-refractivity contribution in [3.8, 4) is 0 Å². The van der Waals surface area contributed by atoms with Crippen molar-refractivity contribution in [1.82, 2.24) is 5.32 Å². The van der Waals surface area contributed by atoms with E-state index >= 15 is 0 Å². The van der Waals surface area contributed by atoms with E-state index in [0.717, 1.165) is 0 Å². The van der Waals surface area contributed by atoms with E-state index < -0.39 is 5.72 Å². The van der Waals surface area contributed by atoms with Gasteiger partial charge in [-0.15, -0.1) is 0 Å². The molecular weight excluding hydrogens is 106 g/mol. The van der Waals surface area contributed by atoms with Gasteiger partial charge in [0.2, 0.25) is 0 Å². The fourth-order valence-electron chi connectivity index (χ4n) is 0.249. The van der Waals surface area contributed by atoms with Crippen LogP contribution in [-0.2, 0) is 4.74 Å². The van der Waals surface area contributed by atoms with Gasteiger partial charge in [-0.2, -0.15) is 0 Å². The summed E-state index contributed by atoms with van der Waals surface area (Å²) in [5.41, 5.74) is -0.823. The summed E-state index contributed by atoms with van der Waals surface area (Å²) < 4.78 is 4.65. The summed E-state index contributed by atoms with van der Waals surface area (Å²) in [4.78, 5) is 0. The minimum absolute atomic E-state index is 0.378. The molecule has 2 N–H and O–H groups in total. The van der Waals surface area contributed by atoms with E-state index in [1.165, 1.54) is 0 Å². The molecule has 0 aliphatic heterocycles. The first-order valence-corrected chi connectivity index (χ1v) is 2.52. The highest BCUT2D eigenvalue weighted by atomic mass is 16.5. The van der Waals surface area contributed by atoms with Crippen molar-refractivity contribution in [2.24, 2.45) is 0 Å². The van der Waals surface area contributed by atoms with Crippen molar-refractivity contribution in [2.75, 3.05) is 13.8 Å². The lowest BCUT2D eigenvalue weighted by molar-refractivity contribution is 0.00734. The molecule has 0 spiro atoms. The normalized spacial score (nSPS) is 12.0. The molecule has 0 saturated carbocycles. The number of ether oxygens (including phenoxy) is 1. The smallest absolute Gasteiger partial charge is 0.112 e. The lowest BCUT2D eigenvalue weighted by atomic mass is 10.3. The predicted molar refractivity (Wildman–Crippen MR) is 31.3 cm³/mol. The lowest BCUT2D eigenvalue weighted by Gasteiger charge is -2.17. The molecule has 0 unspecified atom stereocenters. The van der Waals surface area contributed by atoms with Crippen molar-refractivity contribution in [1.29, 1.82) is 0 Å². The quantitative estimate of drug-likeness (QED) is 0.510. The molecule has 0 aromatic heterocycles.